The molecule has 0 spiro atoms. The van der Waals surface area contributed by atoms with Crippen molar-refractivity contribution in [3.05, 3.63) is 35.8 Å². The van der Waals surface area contributed by atoms with Crippen LogP contribution in [0.15, 0.2) is 24.3 Å². The van der Waals surface area contributed by atoms with Crippen LogP contribution < -0.4 is 0 Å². The zero-order chi connectivity index (χ0) is 8.55. The van der Waals surface area contributed by atoms with E-state index in [9.17, 15) is 4.39 Å². The highest BCUT2D eigenvalue weighted by molar-refractivity contribution is 6.17. The number of H-pyrrole nitrogens is 1. The molecule has 2 aromatic rings. The molecule has 1 aromatic carbocycles. The molecule has 0 bridgehead atoms. The normalized spacial score (nSPS) is 10.8. The van der Waals surface area contributed by atoms with Crippen molar-refractivity contribution in [1.29, 1.82) is 0 Å². The molecule has 0 radical (unpaired) electrons. The van der Waals surface area contributed by atoms with Crippen molar-refractivity contribution in [3.63, 3.8) is 0 Å². The third-order valence-corrected chi connectivity index (χ3v) is 2.09. The van der Waals surface area contributed by atoms with E-state index in [1.807, 2.05) is 12.1 Å². The molecule has 0 aliphatic rings. The molecule has 2 rings (SSSR count). The van der Waals surface area contributed by atoms with E-state index in [1.165, 1.54) is 6.07 Å². The van der Waals surface area contributed by atoms with Crippen LogP contribution in [0.2, 0.25) is 0 Å². The molecule has 1 heterocycles. The fourth-order valence-electron chi connectivity index (χ4n) is 1.25. The summed E-state index contributed by atoms with van der Waals surface area (Å²) < 4.78 is 13.1. The summed E-state index contributed by atoms with van der Waals surface area (Å²) in [6, 6.07) is 6.82. The number of fused-ring (bicyclic) bond motifs is 1. The van der Waals surface area contributed by atoms with Crippen molar-refractivity contribution < 1.29 is 4.39 Å². The Labute approximate surface area is 74.2 Å². The van der Waals surface area contributed by atoms with Gasteiger partial charge in [0.25, 0.3) is 0 Å². The van der Waals surface area contributed by atoms with Crippen LogP contribution in [-0.2, 0) is 5.88 Å². The van der Waals surface area contributed by atoms with Crippen LogP contribution in [0.1, 0.15) is 5.69 Å². The van der Waals surface area contributed by atoms with Crippen LogP contribution in [0, 0.1) is 5.82 Å². The second kappa shape index (κ2) is 2.79. The highest BCUT2D eigenvalue weighted by atomic mass is 35.5. The third-order valence-electron chi connectivity index (χ3n) is 1.81. The van der Waals surface area contributed by atoms with Gasteiger partial charge in [0.15, 0.2) is 0 Å². The van der Waals surface area contributed by atoms with Crippen LogP contribution >= 0.6 is 11.6 Å². The quantitative estimate of drug-likeness (QED) is 0.655. The lowest BCUT2D eigenvalue weighted by atomic mass is 10.2. The number of hydrogen-bond donors (Lipinski definition) is 1. The molecular weight excluding hydrogens is 177 g/mol. The summed E-state index contributed by atoms with van der Waals surface area (Å²) in [5.41, 5.74) is 1.38. The Morgan fingerprint density at radius 3 is 2.92 bits per heavy atom. The molecule has 0 unspecified atom stereocenters. The molecular formula is C9H7ClFN. The molecule has 0 aliphatic heterocycles. The zero-order valence-corrected chi connectivity index (χ0v) is 7.03. The van der Waals surface area contributed by atoms with E-state index >= 15 is 0 Å². The maximum absolute atomic E-state index is 13.1. The number of rotatable bonds is 1. The van der Waals surface area contributed by atoms with E-state index in [0.29, 0.717) is 11.4 Å². The summed E-state index contributed by atoms with van der Waals surface area (Å²) in [5.74, 6) is 0.151. The lowest BCUT2D eigenvalue weighted by Crippen LogP contribution is -1.77. The second-order valence-corrected chi connectivity index (χ2v) is 2.90. The number of nitrogens with one attached hydrogen (secondary N) is 1. The largest absolute Gasteiger partial charge is 0.355 e. The van der Waals surface area contributed by atoms with Gasteiger partial charge >= 0.3 is 0 Å². The smallest absolute Gasteiger partial charge is 0.147 e. The fourth-order valence-corrected chi connectivity index (χ4v) is 1.39. The highest BCUT2D eigenvalue weighted by Gasteiger charge is 2.02. The van der Waals surface area contributed by atoms with E-state index in [1.54, 1.807) is 6.07 Å². The van der Waals surface area contributed by atoms with E-state index in [2.05, 4.69) is 4.98 Å². The summed E-state index contributed by atoms with van der Waals surface area (Å²) in [4.78, 5) is 2.91. The van der Waals surface area contributed by atoms with Gasteiger partial charge in [0.2, 0.25) is 0 Å². The minimum Gasteiger partial charge on any atom is -0.355 e. The van der Waals surface area contributed by atoms with Crippen molar-refractivity contribution in [2.45, 2.75) is 5.88 Å². The summed E-state index contributed by atoms with van der Waals surface area (Å²) in [5, 5.41) is 0.866. The van der Waals surface area contributed by atoms with Gasteiger partial charge in [-0.2, -0.15) is 0 Å². The van der Waals surface area contributed by atoms with Crippen molar-refractivity contribution in [2.24, 2.45) is 0 Å². The number of hydrogen-bond acceptors (Lipinski definition) is 0. The Bertz CT molecular complexity index is 408. The summed E-state index contributed by atoms with van der Waals surface area (Å²) in [7, 11) is 0. The molecule has 0 fully saturated rings. The minimum atomic E-state index is -0.233. The SMILES string of the molecule is Fc1cccc2cc(CCl)[nH]c12. The predicted molar refractivity (Wildman–Crippen MR) is 47.8 cm³/mol. The van der Waals surface area contributed by atoms with Crippen molar-refractivity contribution in [3.8, 4) is 0 Å². The first-order valence-corrected chi connectivity index (χ1v) is 4.17. The molecule has 1 N–H and O–H groups in total. The minimum absolute atomic E-state index is 0.233. The summed E-state index contributed by atoms with van der Waals surface area (Å²) in [6.07, 6.45) is 0. The van der Waals surface area contributed by atoms with E-state index in [4.69, 9.17) is 11.6 Å². The molecule has 62 valence electrons. The molecule has 0 atom stereocenters. The zero-order valence-electron chi connectivity index (χ0n) is 6.27. The first-order valence-electron chi connectivity index (χ1n) is 3.63. The molecule has 0 saturated heterocycles. The third kappa shape index (κ3) is 1.08. The number of halogens is 2. The van der Waals surface area contributed by atoms with E-state index < -0.39 is 0 Å². The molecule has 0 aliphatic carbocycles. The Morgan fingerprint density at radius 1 is 1.42 bits per heavy atom. The van der Waals surface area contributed by atoms with E-state index in [-0.39, 0.29) is 5.82 Å². The number of aromatic nitrogens is 1. The molecule has 3 heteroatoms. The molecule has 12 heavy (non-hydrogen) atoms. The Balaban J connectivity index is 2.74. The van der Waals surface area contributed by atoms with Gasteiger partial charge in [-0.15, -0.1) is 11.6 Å². The van der Waals surface area contributed by atoms with E-state index in [0.717, 1.165) is 11.1 Å². The monoisotopic (exact) mass is 183 g/mol. The van der Waals surface area contributed by atoms with Crippen LogP contribution in [0.25, 0.3) is 10.9 Å². The number of para-hydroxylation sites is 1. The first kappa shape index (κ1) is 7.62. The molecule has 0 amide bonds. The lowest BCUT2D eigenvalue weighted by molar-refractivity contribution is 0.637. The maximum Gasteiger partial charge on any atom is 0.147 e. The van der Waals surface area contributed by atoms with Gasteiger partial charge in [-0.25, -0.2) is 4.39 Å². The lowest BCUT2D eigenvalue weighted by Gasteiger charge is -1.89. The van der Waals surface area contributed by atoms with Gasteiger partial charge in [0, 0.05) is 11.1 Å². The number of benzene rings is 1. The highest BCUT2D eigenvalue weighted by Crippen LogP contribution is 2.18. The van der Waals surface area contributed by atoms with Crippen molar-refractivity contribution >= 4 is 22.5 Å². The van der Waals surface area contributed by atoms with Gasteiger partial charge in [0.05, 0.1) is 11.4 Å². The van der Waals surface area contributed by atoms with Gasteiger partial charge in [-0.1, -0.05) is 12.1 Å². The Hall–Kier alpha value is -1.02. The average molecular weight is 184 g/mol. The molecule has 1 aromatic heterocycles. The van der Waals surface area contributed by atoms with Crippen molar-refractivity contribution in [2.75, 3.05) is 0 Å². The van der Waals surface area contributed by atoms with Gasteiger partial charge in [0.1, 0.15) is 5.82 Å². The maximum atomic E-state index is 13.1. The summed E-state index contributed by atoms with van der Waals surface area (Å²) in [6.45, 7) is 0. The summed E-state index contributed by atoms with van der Waals surface area (Å²) >= 11 is 5.60. The second-order valence-electron chi connectivity index (χ2n) is 2.63. The van der Waals surface area contributed by atoms with Gasteiger partial charge < -0.3 is 4.98 Å². The Kier molecular flexibility index (Phi) is 1.77. The average Bonchev–Trinajstić information content (AvgIpc) is 2.49. The van der Waals surface area contributed by atoms with Gasteiger partial charge in [-0.05, 0) is 12.1 Å². The van der Waals surface area contributed by atoms with Gasteiger partial charge in [-0.3, -0.25) is 0 Å². The topological polar surface area (TPSA) is 15.8 Å². The number of alkyl halides is 1. The van der Waals surface area contributed by atoms with Crippen molar-refractivity contribution in [1.82, 2.24) is 4.98 Å². The molecule has 1 nitrogen and oxygen atoms in total. The molecule has 0 saturated carbocycles. The standard InChI is InChI=1S/C9H7ClFN/c10-5-7-4-6-2-1-3-8(11)9(6)12-7/h1-4,12H,5H2. The fraction of sp³-hybridized carbons (Fsp3) is 0.111. The van der Waals surface area contributed by atoms with Crippen LogP contribution in [0.5, 0.6) is 0 Å². The van der Waals surface area contributed by atoms with Crippen LogP contribution in [-0.4, -0.2) is 4.98 Å². The predicted octanol–water partition coefficient (Wildman–Crippen LogP) is 3.05. The Morgan fingerprint density at radius 2 is 2.25 bits per heavy atom. The van der Waals surface area contributed by atoms with Crippen LogP contribution in [0.3, 0.4) is 0 Å². The first-order chi connectivity index (χ1) is 5.81. The van der Waals surface area contributed by atoms with Crippen LogP contribution in [0.4, 0.5) is 4.39 Å². The number of aromatic amines is 1.